The van der Waals surface area contributed by atoms with Gasteiger partial charge in [-0.1, -0.05) is 0 Å². The minimum atomic E-state index is -3.51. The fourth-order valence-corrected chi connectivity index (χ4v) is 4.04. The van der Waals surface area contributed by atoms with Crippen LogP contribution in [0.1, 0.15) is 23.5 Å². The van der Waals surface area contributed by atoms with Crippen LogP contribution in [-0.4, -0.2) is 29.2 Å². The third kappa shape index (κ3) is 3.88. The van der Waals surface area contributed by atoms with Gasteiger partial charge >= 0.3 is 0 Å². The Labute approximate surface area is 127 Å². The van der Waals surface area contributed by atoms with Crippen LogP contribution in [0.3, 0.4) is 0 Å². The van der Waals surface area contributed by atoms with Crippen LogP contribution in [0.15, 0.2) is 22.7 Å². The lowest BCUT2D eigenvalue weighted by atomic mass is 10.4. The Morgan fingerprint density at radius 3 is 2.90 bits per heavy atom. The molecule has 1 fully saturated rings. The molecule has 0 amide bonds. The predicted molar refractivity (Wildman–Crippen MR) is 79.2 cm³/mol. The van der Waals surface area contributed by atoms with E-state index in [1.807, 2.05) is 0 Å². The van der Waals surface area contributed by atoms with E-state index in [-0.39, 0.29) is 6.54 Å². The van der Waals surface area contributed by atoms with Crippen LogP contribution in [-0.2, 0) is 30.2 Å². The number of nitrogens with one attached hydrogen (secondary N) is 2. The maximum absolute atomic E-state index is 12.2. The molecule has 9 heteroatoms. The lowest BCUT2D eigenvalue weighted by molar-refractivity contribution is 0.579. The Hall–Kier alpha value is -1.29. The van der Waals surface area contributed by atoms with Crippen LogP contribution >= 0.6 is 11.3 Å². The van der Waals surface area contributed by atoms with Gasteiger partial charge in [0.2, 0.25) is 10.0 Å². The van der Waals surface area contributed by atoms with Gasteiger partial charge in [-0.3, -0.25) is 4.68 Å². The third-order valence-corrected chi connectivity index (χ3v) is 5.62. The first kappa shape index (κ1) is 14.6. The number of aryl methyl sites for hydroxylation is 1. The molecule has 1 saturated carbocycles. The van der Waals surface area contributed by atoms with Crippen LogP contribution in [0, 0.1) is 0 Å². The van der Waals surface area contributed by atoms with Crippen molar-refractivity contribution in [2.75, 3.05) is 0 Å². The maximum Gasteiger partial charge on any atom is 0.241 e. The molecule has 114 valence electrons. The number of rotatable bonds is 7. The summed E-state index contributed by atoms with van der Waals surface area (Å²) in [5.74, 6) is 0.451. The number of aromatic nitrogens is 3. The van der Waals surface area contributed by atoms with E-state index in [4.69, 9.17) is 0 Å². The molecule has 0 aromatic carbocycles. The van der Waals surface area contributed by atoms with Crippen LogP contribution in [0.2, 0.25) is 0 Å². The highest BCUT2D eigenvalue weighted by atomic mass is 32.2. The Morgan fingerprint density at radius 2 is 2.24 bits per heavy atom. The molecule has 2 aromatic heterocycles. The Kier molecular flexibility index (Phi) is 4.07. The molecule has 2 N–H and O–H groups in total. The second-order valence-electron chi connectivity index (χ2n) is 5.06. The van der Waals surface area contributed by atoms with Gasteiger partial charge in [0, 0.05) is 29.9 Å². The van der Waals surface area contributed by atoms with E-state index < -0.39 is 10.0 Å². The van der Waals surface area contributed by atoms with Gasteiger partial charge < -0.3 is 5.32 Å². The van der Waals surface area contributed by atoms with E-state index in [2.05, 4.69) is 20.1 Å². The summed E-state index contributed by atoms with van der Waals surface area (Å²) < 4.78 is 28.4. The molecular weight excluding hydrogens is 310 g/mol. The highest BCUT2D eigenvalue weighted by Gasteiger charge is 2.21. The second kappa shape index (κ2) is 5.84. The van der Waals surface area contributed by atoms with Gasteiger partial charge in [0.15, 0.2) is 5.82 Å². The van der Waals surface area contributed by atoms with Gasteiger partial charge in [0.1, 0.15) is 6.33 Å². The van der Waals surface area contributed by atoms with Crippen LogP contribution in [0.5, 0.6) is 0 Å². The SMILES string of the molecule is Cn1cnc(CNS(=O)(=O)c2csc(CNC3CC3)c2)n1. The van der Waals surface area contributed by atoms with E-state index >= 15 is 0 Å². The zero-order valence-electron chi connectivity index (χ0n) is 11.6. The van der Waals surface area contributed by atoms with Gasteiger partial charge in [0.25, 0.3) is 0 Å². The standard InChI is InChI=1S/C12H17N5O2S2/c1-17-8-14-12(16-17)6-15-21(18,19)11-4-10(20-7-11)5-13-9-2-3-9/h4,7-9,13,15H,2-3,5-6H2,1H3. The molecule has 21 heavy (non-hydrogen) atoms. The van der Waals surface area contributed by atoms with Crippen molar-refractivity contribution in [2.24, 2.45) is 7.05 Å². The first-order valence-corrected chi connectivity index (χ1v) is 9.04. The molecular formula is C12H17N5O2S2. The summed E-state index contributed by atoms with van der Waals surface area (Å²) in [6.45, 7) is 0.821. The molecule has 0 unspecified atom stereocenters. The number of hydrogen-bond acceptors (Lipinski definition) is 6. The van der Waals surface area contributed by atoms with Crippen LogP contribution in [0.4, 0.5) is 0 Å². The highest BCUT2D eigenvalue weighted by molar-refractivity contribution is 7.89. The summed E-state index contributed by atoms with van der Waals surface area (Å²) in [5.41, 5.74) is 0. The maximum atomic E-state index is 12.2. The van der Waals surface area contributed by atoms with Crippen molar-refractivity contribution < 1.29 is 8.42 Å². The molecule has 0 radical (unpaired) electrons. The van der Waals surface area contributed by atoms with Gasteiger partial charge in [-0.2, -0.15) is 5.10 Å². The lowest BCUT2D eigenvalue weighted by Crippen LogP contribution is -2.23. The highest BCUT2D eigenvalue weighted by Crippen LogP contribution is 2.22. The average molecular weight is 327 g/mol. The molecule has 3 rings (SSSR count). The minimum Gasteiger partial charge on any atom is -0.309 e. The van der Waals surface area contributed by atoms with Crippen molar-refractivity contribution >= 4 is 21.4 Å². The van der Waals surface area contributed by atoms with E-state index in [0.29, 0.717) is 16.8 Å². The van der Waals surface area contributed by atoms with Crippen molar-refractivity contribution in [2.45, 2.75) is 36.9 Å². The van der Waals surface area contributed by atoms with Crippen LogP contribution in [0.25, 0.3) is 0 Å². The summed E-state index contributed by atoms with van der Waals surface area (Å²) in [5, 5.41) is 9.08. The molecule has 0 spiro atoms. The fourth-order valence-electron chi connectivity index (χ4n) is 1.83. The Balaban J connectivity index is 1.60. The Bertz CT molecular complexity index is 718. The van der Waals surface area contributed by atoms with Crippen molar-refractivity contribution in [1.82, 2.24) is 24.8 Å². The monoisotopic (exact) mass is 327 g/mol. The van der Waals surface area contributed by atoms with Crippen molar-refractivity contribution in [3.63, 3.8) is 0 Å². The zero-order chi connectivity index (χ0) is 14.9. The second-order valence-corrected chi connectivity index (χ2v) is 7.83. The molecule has 2 heterocycles. The Morgan fingerprint density at radius 1 is 1.43 bits per heavy atom. The average Bonchev–Trinajstić information content (AvgIpc) is 2.97. The molecule has 2 aromatic rings. The largest absolute Gasteiger partial charge is 0.309 e. The minimum absolute atomic E-state index is 0.0919. The van der Waals surface area contributed by atoms with E-state index in [9.17, 15) is 8.42 Å². The number of thiophene rings is 1. The first-order chi connectivity index (χ1) is 10.0. The summed E-state index contributed by atoms with van der Waals surface area (Å²) >= 11 is 1.45. The molecule has 0 bridgehead atoms. The topological polar surface area (TPSA) is 88.9 Å². The summed E-state index contributed by atoms with van der Waals surface area (Å²) in [7, 11) is -1.77. The molecule has 1 aliphatic rings. The van der Waals surface area contributed by atoms with Gasteiger partial charge in [-0.15, -0.1) is 11.3 Å². The van der Waals surface area contributed by atoms with Crippen molar-refractivity contribution in [3.8, 4) is 0 Å². The van der Waals surface area contributed by atoms with E-state index in [1.165, 1.54) is 35.2 Å². The fraction of sp³-hybridized carbons (Fsp3) is 0.500. The molecule has 0 aliphatic heterocycles. The third-order valence-electron chi connectivity index (χ3n) is 3.15. The van der Waals surface area contributed by atoms with Gasteiger partial charge in [-0.25, -0.2) is 18.1 Å². The van der Waals surface area contributed by atoms with E-state index in [1.54, 1.807) is 18.5 Å². The van der Waals surface area contributed by atoms with Gasteiger partial charge in [0.05, 0.1) is 11.4 Å². The smallest absolute Gasteiger partial charge is 0.241 e. The zero-order valence-corrected chi connectivity index (χ0v) is 13.2. The quantitative estimate of drug-likeness (QED) is 0.778. The normalized spacial score (nSPS) is 15.5. The van der Waals surface area contributed by atoms with Gasteiger partial charge in [-0.05, 0) is 18.9 Å². The molecule has 7 nitrogen and oxygen atoms in total. The van der Waals surface area contributed by atoms with Crippen LogP contribution < -0.4 is 10.0 Å². The summed E-state index contributed by atoms with van der Waals surface area (Å²) in [4.78, 5) is 5.32. The summed E-state index contributed by atoms with van der Waals surface area (Å²) in [6.07, 6.45) is 3.97. The number of hydrogen-bond donors (Lipinski definition) is 2. The predicted octanol–water partition coefficient (Wildman–Crippen LogP) is 0.607. The number of nitrogens with zero attached hydrogens (tertiary/aromatic N) is 3. The van der Waals surface area contributed by atoms with E-state index in [0.717, 1.165) is 11.4 Å². The summed E-state index contributed by atoms with van der Waals surface area (Å²) in [6, 6.07) is 2.33. The number of sulfonamides is 1. The molecule has 0 atom stereocenters. The molecule has 0 saturated heterocycles. The molecule has 1 aliphatic carbocycles. The first-order valence-electron chi connectivity index (χ1n) is 6.68. The lowest BCUT2D eigenvalue weighted by Gasteiger charge is -2.02. The van der Waals surface area contributed by atoms with Crippen molar-refractivity contribution in [1.29, 1.82) is 0 Å². The van der Waals surface area contributed by atoms with Crippen molar-refractivity contribution in [3.05, 3.63) is 28.5 Å².